The van der Waals surface area contributed by atoms with Crippen molar-refractivity contribution in [2.45, 2.75) is 32.4 Å². The van der Waals surface area contributed by atoms with Crippen LogP contribution in [0, 0.1) is 5.82 Å². The van der Waals surface area contributed by atoms with E-state index in [4.69, 9.17) is 9.47 Å². The Bertz CT molecular complexity index is 854. The fraction of sp³-hybridized carbons (Fsp3) is 0.333. The molecule has 1 aliphatic heterocycles. The number of carbonyl (C=O) groups is 2. The fourth-order valence-electron chi connectivity index (χ4n) is 3.07. The first kappa shape index (κ1) is 19.7. The molecule has 0 bridgehead atoms. The zero-order valence-corrected chi connectivity index (χ0v) is 15.9. The summed E-state index contributed by atoms with van der Waals surface area (Å²) in [5.74, 6) is 0.619. The molecule has 1 heterocycles. The van der Waals surface area contributed by atoms with Gasteiger partial charge in [-0.2, -0.15) is 0 Å². The van der Waals surface area contributed by atoms with E-state index in [0.29, 0.717) is 17.9 Å². The van der Waals surface area contributed by atoms with Crippen LogP contribution in [0.1, 0.15) is 24.5 Å². The van der Waals surface area contributed by atoms with Crippen molar-refractivity contribution in [1.29, 1.82) is 0 Å². The molecule has 1 N–H and O–H groups in total. The third-order valence-electron chi connectivity index (χ3n) is 4.74. The number of likely N-dealkylation sites (N-methyl/N-ethyl adjacent to an activating group) is 1. The molecule has 0 aliphatic carbocycles. The number of hydrogen-bond donors (Lipinski definition) is 1. The van der Waals surface area contributed by atoms with E-state index in [1.54, 1.807) is 19.1 Å². The minimum Gasteiger partial charge on any atom is -0.454 e. The monoisotopic (exact) mass is 386 g/mol. The molecule has 1 atom stereocenters. The van der Waals surface area contributed by atoms with Gasteiger partial charge in [0, 0.05) is 20.0 Å². The molecule has 1 aliphatic rings. The summed E-state index contributed by atoms with van der Waals surface area (Å²) >= 11 is 0. The minimum absolute atomic E-state index is 0.155. The zero-order valence-electron chi connectivity index (χ0n) is 15.9. The van der Waals surface area contributed by atoms with E-state index in [1.165, 1.54) is 24.1 Å². The molecule has 2 amide bonds. The average molecular weight is 386 g/mol. The number of rotatable bonds is 7. The summed E-state index contributed by atoms with van der Waals surface area (Å²) in [6, 6.07) is 10.9. The molecular formula is C21H23FN2O4. The lowest BCUT2D eigenvalue weighted by Gasteiger charge is -2.28. The maximum absolute atomic E-state index is 13.2. The highest BCUT2D eigenvalue weighted by Gasteiger charge is 2.25. The number of hydrogen-bond acceptors (Lipinski definition) is 4. The van der Waals surface area contributed by atoms with Crippen LogP contribution in [-0.4, -0.2) is 36.6 Å². The van der Waals surface area contributed by atoms with Crippen LogP contribution in [0.2, 0.25) is 0 Å². The van der Waals surface area contributed by atoms with Gasteiger partial charge in [0.25, 0.3) is 0 Å². The highest BCUT2D eigenvalue weighted by atomic mass is 19.1. The second kappa shape index (κ2) is 8.73. The van der Waals surface area contributed by atoms with Gasteiger partial charge in [0.15, 0.2) is 11.5 Å². The average Bonchev–Trinajstić information content (AvgIpc) is 3.18. The molecule has 2 aromatic rings. The van der Waals surface area contributed by atoms with Crippen molar-refractivity contribution in [3.8, 4) is 11.5 Å². The Kier molecular flexibility index (Phi) is 6.13. The van der Waals surface area contributed by atoms with Crippen molar-refractivity contribution in [3.63, 3.8) is 0 Å². The van der Waals surface area contributed by atoms with E-state index >= 15 is 0 Å². The number of amides is 2. The molecule has 7 heteroatoms. The van der Waals surface area contributed by atoms with Crippen LogP contribution in [0.3, 0.4) is 0 Å². The van der Waals surface area contributed by atoms with Gasteiger partial charge in [-0.25, -0.2) is 4.39 Å². The van der Waals surface area contributed by atoms with Crippen molar-refractivity contribution in [2.75, 3.05) is 13.8 Å². The number of carbonyl (C=O) groups excluding carboxylic acids is 2. The van der Waals surface area contributed by atoms with Gasteiger partial charge in [-0.15, -0.1) is 0 Å². The Labute approximate surface area is 163 Å². The number of benzene rings is 2. The van der Waals surface area contributed by atoms with E-state index in [9.17, 15) is 14.0 Å². The molecule has 0 saturated heterocycles. The summed E-state index contributed by atoms with van der Waals surface area (Å²) in [4.78, 5) is 26.5. The first-order valence-corrected chi connectivity index (χ1v) is 9.12. The largest absolute Gasteiger partial charge is 0.454 e. The molecule has 3 rings (SSSR count). The van der Waals surface area contributed by atoms with Gasteiger partial charge in [0.2, 0.25) is 18.6 Å². The fourth-order valence-corrected chi connectivity index (χ4v) is 3.07. The smallest absolute Gasteiger partial charge is 0.242 e. The molecule has 1 unspecified atom stereocenters. The van der Waals surface area contributed by atoms with E-state index in [0.717, 1.165) is 11.1 Å². The quantitative estimate of drug-likeness (QED) is 0.794. The lowest BCUT2D eigenvalue weighted by molar-refractivity contribution is -0.140. The van der Waals surface area contributed by atoms with Crippen LogP contribution in [-0.2, 0) is 22.6 Å². The number of aryl methyl sites for hydroxylation is 1. The second-order valence-electron chi connectivity index (χ2n) is 6.63. The van der Waals surface area contributed by atoms with E-state index in [1.807, 2.05) is 18.2 Å². The summed E-state index contributed by atoms with van der Waals surface area (Å²) in [5, 5.41) is 2.57. The SMILES string of the molecule is CNC(=O)C(C)N(Cc1ccc(F)cc1)C(=O)CCc1ccc2c(c1)OCO2. The van der Waals surface area contributed by atoms with E-state index in [-0.39, 0.29) is 37.4 Å². The number of fused-ring (bicyclic) bond motifs is 1. The zero-order chi connectivity index (χ0) is 20.1. The normalized spacial score (nSPS) is 13.1. The Hall–Kier alpha value is -3.09. The number of nitrogens with zero attached hydrogens (tertiary/aromatic N) is 1. The van der Waals surface area contributed by atoms with Crippen LogP contribution in [0.5, 0.6) is 11.5 Å². The van der Waals surface area contributed by atoms with Crippen LogP contribution < -0.4 is 14.8 Å². The Morgan fingerprint density at radius 1 is 1.11 bits per heavy atom. The number of halogens is 1. The van der Waals surface area contributed by atoms with Gasteiger partial charge >= 0.3 is 0 Å². The summed E-state index contributed by atoms with van der Waals surface area (Å²) in [6.07, 6.45) is 0.748. The Morgan fingerprint density at radius 3 is 2.50 bits per heavy atom. The Balaban J connectivity index is 1.70. The molecule has 0 radical (unpaired) electrons. The predicted octanol–water partition coefficient (Wildman–Crippen LogP) is 2.65. The van der Waals surface area contributed by atoms with Gasteiger partial charge in [0.1, 0.15) is 11.9 Å². The van der Waals surface area contributed by atoms with Gasteiger partial charge in [0.05, 0.1) is 0 Å². The van der Waals surface area contributed by atoms with Crippen molar-refractivity contribution < 1.29 is 23.5 Å². The molecule has 0 spiro atoms. The van der Waals surface area contributed by atoms with Crippen LogP contribution in [0.25, 0.3) is 0 Å². The molecule has 0 aromatic heterocycles. The van der Waals surface area contributed by atoms with E-state index < -0.39 is 6.04 Å². The maximum Gasteiger partial charge on any atom is 0.242 e. The predicted molar refractivity (Wildman–Crippen MR) is 101 cm³/mol. The lowest BCUT2D eigenvalue weighted by atomic mass is 10.1. The number of ether oxygens (including phenoxy) is 2. The molecule has 6 nitrogen and oxygen atoms in total. The summed E-state index contributed by atoms with van der Waals surface area (Å²) in [5.41, 5.74) is 1.71. The Morgan fingerprint density at radius 2 is 1.79 bits per heavy atom. The van der Waals surface area contributed by atoms with Crippen LogP contribution in [0.4, 0.5) is 4.39 Å². The minimum atomic E-state index is -0.640. The summed E-state index contributed by atoms with van der Waals surface area (Å²) in [6.45, 7) is 2.11. The van der Waals surface area contributed by atoms with Gasteiger partial charge in [-0.05, 0) is 48.7 Å². The number of nitrogens with one attached hydrogen (secondary N) is 1. The summed E-state index contributed by atoms with van der Waals surface area (Å²) < 4.78 is 23.8. The molecule has 0 saturated carbocycles. The standard InChI is InChI=1S/C21H23FN2O4/c1-14(21(26)23-2)24(12-16-3-7-17(22)8-4-16)20(25)10-6-15-5-9-18-19(11-15)28-13-27-18/h3-5,7-9,11,14H,6,10,12-13H2,1-2H3,(H,23,26). The second-order valence-corrected chi connectivity index (χ2v) is 6.63. The third-order valence-corrected chi connectivity index (χ3v) is 4.74. The highest BCUT2D eigenvalue weighted by Crippen LogP contribution is 2.32. The molecular weight excluding hydrogens is 363 g/mol. The van der Waals surface area contributed by atoms with Gasteiger partial charge in [-0.1, -0.05) is 18.2 Å². The summed E-state index contributed by atoms with van der Waals surface area (Å²) in [7, 11) is 1.53. The lowest BCUT2D eigenvalue weighted by Crippen LogP contribution is -2.46. The van der Waals surface area contributed by atoms with Crippen LogP contribution in [0.15, 0.2) is 42.5 Å². The van der Waals surface area contributed by atoms with Gasteiger partial charge < -0.3 is 19.7 Å². The van der Waals surface area contributed by atoms with Crippen molar-refractivity contribution in [1.82, 2.24) is 10.2 Å². The molecule has 2 aromatic carbocycles. The molecule has 0 fully saturated rings. The van der Waals surface area contributed by atoms with Crippen LogP contribution >= 0.6 is 0 Å². The molecule has 28 heavy (non-hydrogen) atoms. The first-order valence-electron chi connectivity index (χ1n) is 9.12. The highest BCUT2D eigenvalue weighted by molar-refractivity contribution is 5.87. The topological polar surface area (TPSA) is 67.9 Å². The van der Waals surface area contributed by atoms with Crippen molar-refractivity contribution in [3.05, 3.63) is 59.4 Å². The van der Waals surface area contributed by atoms with Gasteiger partial charge in [-0.3, -0.25) is 9.59 Å². The molecule has 148 valence electrons. The van der Waals surface area contributed by atoms with Crippen molar-refractivity contribution in [2.24, 2.45) is 0 Å². The van der Waals surface area contributed by atoms with Crippen molar-refractivity contribution >= 4 is 11.8 Å². The third kappa shape index (κ3) is 4.60. The maximum atomic E-state index is 13.2. The first-order chi connectivity index (χ1) is 13.5. The van der Waals surface area contributed by atoms with E-state index in [2.05, 4.69) is 5.32 Å².